The van der Waals surface area contributed by atoms with Gasteiger partial charge in [0.25, 0.3) is 0 Å². The Morgan fingerprint density at radius 2 is 1.71 bits per heavy atom. The maximum Gasteiger partial charge on any atom is 0.331 e. The van der Waals surface area contributed by atoms with Crippen molar-refractivity contribution in [3.8, 4) is 11.5 Å². The molecule has 0 aliphatic rings. The first kappa shape index (κ1) is 17.1. The molecule has 1 aromatic rings. The van der Waals surface area contributed by atoms with E-state index in [-0.39, 0.29) is 5.97 Å². The molecular weight excluding hydrogens is 268 g/mol. The smallest absolute Gasteiger partial charge is 0.331 e. The van der Waals surface area contributed by atoms with E-state index in [1.54, 1.807) is 6.08 Å². The number of carbonyl (C=O) groups excluding carboxylic acids is 1. The van der Waals surface area contributed by atoms with Crippen molar-refractivity contribution in [1.29, 1.82) is 0 Å². The lowest BCUT2D eigenvalue weighted by Gasteiger charge is -2.17. The highest BCUT2D eigenvalue weighted by Crippen LogP contribution is 2.29. The van der Waals surface area contributed by atoms with Gasteiger partial charge in [-0.1, -0.05) is 6.07 Å². The van der Waals surface area contributed by atoms with Crippen molar-refractivity contribution in [3.63, 3.8) is 0 Å². The monoisotopic (exact) mass is 292 g/mol. The van der Waals surface area contributed by atoms with Crippen LogP contribution in [0.1, 0.15) is 40.2 Å². The Morgan fingerprint density at radius 1 is 1.10 bits per heavy atom. The standard InChI is InChI=1S/C17H24O4/c1-6-19-14-10-8-13(12-15(14)20-7-2)9-11-16(18)21-17(3,4)5/h8-12H,6-7H2,1-5H3/b11-9+. The molecule has 0 saturated heterocycles. The van der Waals surface area contributed by atoms with Crippen LogP contribution < -0.4 is 9.47 Å². The fourth-order valence-corrected chi connectivity index (χ4v) is 1.67. The molecule has 0 heterocycles. The number of ether oxygens (including phenoxy) is 3. The van der Waals surface area contributed by atoms with Gasteiger partial charge in [0, 0.05) is 6.08 Å². The van der Waals surface area contributed by atoms with Gasteiger partial charge in [0.05, 0.1) is 13.2 Å². The molecule has 0 aliphatic carbocycles. The quantitative estimate of drug-likeness (QED) is 0.590. The van der Waals surface area contributed by atoms with Crippen LogP contribution in [0, 0.1) is 0 Å². The van der Waals surface area contributed by atoms with E-state index in [0.29, 0.717) is 24.7 Å². The first-order chi connectivity index (χ1) is 9.85. The molecule has 1 aromatic carbocycles. The van der Waals surface area contributed by atoms with Gasteiger partial charge in [0.2, 0.25) is 0 Å². The Morgan fingerprint density at radius 3 is 2.29 bits per heavy atom. The van der Waals surface area contributed by atoms with E-state index in [9.17, 15) is 4.79 Å². The van der Waals surface area contributed by atoms with Crippen LogP contribution in [0.5, 0.6) is 11.5 Å². The number of carbonyl (C=O) groups is 1. The molecular formula is C17H24O4. The molecule has 0 aliphatic heterocycles. The van der Waals surface area contributed by atoms with E-state index in [0.717, 1.165) is 5.56 Å². The maximum atomic E-state index is 11.6. The summed E-state index contributed by atoms with van der Waals surface area (Å²) in [6.07, 6.45) is 3.11. The molecule has 21 heavy (non-hydrogen) atoms. The average Bonchev–Trinajstić information content (AvgIpc) is 2.37. The average molecular weight is 292 g/mol. The largest absolute Gasteiger partial charge is 0.490 e. The zero-order valence-electron chi connectivity index (χ0n) is 13.4. The summed E-state index contributed by atoms with van der Waals surface area (Å²) in [6.45, 7) is 10.5. The van der Waals surface area contributed by atoms with Crippen LogP contribution in [0.3, 0.4) is 0 Å². The second kappa shape index (κ2) is 7.72. The second-order valence-electron chi connectivity index (χ2n) is 5.44. The zero-order valence-corrected chi connectivity index (χ0v) is 13.4. The van der Waals surface area contributed by atoms with E-state index in [1.165, 1.54) is 6.08 Å². The highest BCUT2D eigenvalue weighted by atomic mass is 16.6. The highest BCUT2D eigenvalue weighted by molar-refractivity contribution is 5.87. The predicted octanol–water partition coefficient (Wildman–Crippen LogP) is 3.84. The minimum absolute atomic E-state index is 0.366. The summed E-state index contributed by atoms with van der Waals surface area (Å²) in [7, 11) is 0. The first-order valence-electron chi connectivity index (χ1n) is 7.16. The summed E-state index contributed by atoms with van der Waals surface area (Å²) >= 11 is 0. The molecule has 0 bridgehead atoms. The second-order valence-corrected chi connectivity index (χ2v) is 5.44. The van der Waals surface area contributed by atoms with Crippen molar-refractivity contribution in [2.75, 3.05) is 13.2 Å². The lowest BCUT2D eigenvalue weighted by Crippen LogP contribution is -2.22. The van der Waals surface area contributed by atoms with Gasteiger partial charge in [0.1, 0.15) is 5.60 Å². The summed E-state index contributed by atoms with van der Waals surface area (Å²) in [6, 6.07) is 5.55. The zero-order chi connectivity index (χ0) is 15.9. The molecule has 4 heteroatoms. The van der Waals surface area contributed by atoms with E-state index >= 15 is 0 Å². The lowest BCUT2D eigenvalue weighted by atomic mass is 10.1. The predicted molar refractivity (Wildman–Crippen MR) is 83.7 cm³/mol. The Labute approximate surface area is 126 Å². The summed E-state index contributed by atoms with van der Waals surface area (Å²) in [5.74, 6) is 1.01. The van der Waals surface area contributed by atoms with Gasteiger partial charge in [-0.2, -0.15) is 0 Å². The van der Waals surface area contributed by atoms with Gasteiger partial charge in [-0.05, 0) is 58.4 Å². The number of hydrogen-bond donors (Lipinski definition) is 0. The molecule has 0 spiro atoms. The summed E-state index contributed by atoms with van der Waals surface area (Å²) in [5, 5.41) is 0. The molecule has 0 unspecified atom stereocenters. The van der Waals surface area contributed by atoms with Crippen LogP contribution in [0.25, 0.3) is 6.08 Å². The third-order valence-corrected chi connectivity index (χ3v) is 2.39. The van der Waals surface area contributed by atoms with Crippen LogP contribution in [0.15, 0.2) is 24.3 Å². The van der Waals surface area contributed by atoms with Crippen molar-refractivity contribution in [2.24, 2.45) is 0 Å². The van der Waals surface area contributed by atoms with Crippen molar-refractivity contribution in [2.45, 2.75) is 40.2 Å². The van der Waals surface area contributed by atoms with Crippen LogP contribution in [0.4, 0.5) is 0 Å². The van der Waals surface area contributed by atoms with Crippen molar-refractivity contribution in [1.82, 2.24) is 0 Å². The van der Waals surface area contributed by atoms with Gasteiger partial charge in [-0.25, -0.2) is 4.79 Å². The Kier molecular flexibility index (Phi) is 6.28. The van der Waals surface area contributed by atoms with E-state index in [2.05, 4.69) is 0 Å². The first-order valence-corrected chi connectivity index (χ1v) is 7.16. The van der Waals surface area contributed by atoms with Gasteiger partial charge >= 0.3 is 5.97 Å². The topological polar surface area (TPSA) is 44.8 Å². The Balaban J connectivity index is 2.84. The Bertz CT molecular complexity index is 498. The molecule has 0 N–H and O–H groups in total. The van der Waals surface area contributed by atoms with Gasteiger partial charge in [0.15, 0.2) is 11.5 Å². The highest BCUT2D eigenvalue weighted by Gasteiger charge is 2.14. The van der Waals surface area contributed by atoms with Crippen LogP contribution in [-0.4, -0.2) is 24.8 Å². The molecule has 0 fully saturated rings. The van der Waals surface area contributed by atoms with Crippen LogP contribution >= 0.6 is 0 Å². The van der Waals surface area contributed by atoms with Gasteiger partial charge in [-0.3, -0.25) is 0 Å². The van der Waals surface area contributed by atoms with Crippen molar-refractivity contribution in [3.05, 3.63) is 29.8 Å². The fourth-order valence-electron chi connectivity index (χ4n) is 1.67. The molecule has 0 aromatic heterocycles. The van der Waals surface area contributed by atoms with Gasteiger partial charge < -0.3 is 14.2 Å². The SMILES string of the molecule is CCOc1ccc(/C=C/C(=O)OC(C)(C)C)cc1OCC. The molecule has 4 nitrogen and oxygen atoms in total. The number of esters is 1. The van der Waals surface area contributed by atoms with Crippen LogP contribution in [-0.2, 0) is 9.53 Å². The number of benzene rings is 1. The molecule has 116 valence electrons. The number of rotatable bonds is 6. The normalized spacial score (nSPS) is 11.5. The summed E-state index contributed by atoms with van der Waals surface area (Å²) in [4.78, 5) is 11.6. The summed E-state index contributed by atoms with van der Waals surface area (Å²) < 4.78 is 16.3. The van der Waals surface area contributed by atoms with E-state index in [4.69, 9.17) is 14.2 Å². The minimum atomic E-state index is -0.489. The molecule has 0 atom stereocenters. The fraction of sp³-hybridized carbons (Fsp3) is 0.471. The maximum absolute atomic E-state index is 11.6. The van der Waals surface area contributed by atoms with Crippen molar-refractivity contribution < 1.29 is 19.0 Å². The van der Waals surface area contributed by atoms with Gasteiger partial charge in [-0.15, -0.1) is 0 Å². The van der Waals surface area contributed by atoms with E-state index in [1.807, 2.05) is 52.8 Å². The minimum Gasteiger partial charge on any atom is -0.490 e. The lowest BCUT2D eigenvalue weighted by molar-refractivity contribution is -0.148. The van der Waals surface area contributed by atoms with Crippen LogP contribution in [0.2, 0.25) is 0 Å². The van der Waals surface area contributed by atoms with Crippen molar-refractivity contribution >= 4 is 12.0 Å². The molecule has 1 rings (SSSR count). The molecule has 0 amide bonds. The Hall–Kier alpha value is -1.97. The third kappa shape index (κ3) is 6.34. The molecule has 0 saturated carbocycles. The summed E-state index contributed by atoms with van der Waals surface area (Å²) in [5.41, 5.74) is 0.365. The molecule has 0 radical (unpaired) electrons. The third-order valence-electron chi connectivity index (χ3n) is 2.39. The number of hydrogen-bond acceptors (Lipinski definition) is 4. The van der Waals surface area contributed by atoms with E-state index < -0.39 is 5.60 Å².